The number of halogens is 3. The summed E-state index contributed by atoms with van der Waals surface area (Å²) in [7, 11) is -4.09. The van der Waals surface area contributed by atoms with Gasteiger partial charge in [0, 0.05) is 42.2 Å². The van der Waals surface area contributed by atoms with Gasteiger partial charge in [-0.2, -0.15) is 0 Å². The van der Waals surface area contributed by atoms with Crippen molar-refractivity contribution >= 4 is 33.2 Å². The van der Waals surface area contributed by atoms with Crippen molar-refractivity contribution in [3.63, 3.8) is 0 Å². The quantitative estimate of drug-likeness (QED) is 0.385. The Balaban J connectivity index is 1.43. The second kappa shape index (κ2) is 10.4. The number of anilines is 2. The fraction of sp³-hybridized carbons (Fsp3) is 0.355. The van der Waals surface area contributed by atoms with Gasteiger partial charge < -0.3 is 10.2 Å². The molecule has 220 valence electrons. The summed E-state index contributed by atoms with van der Waals surface area (Å²) in [5, 5.41) is 2.80. The van der Waals surface area contributed by atoms with Crippen LogP contribution in [0.3, 0.4) is 0 Å². The lowest BCUT2D eigenvalue weighted by Crippen LogP contribution is -2.54. The van der Waals surface area contributed by atoms with Crippen molar-refractivity contribution in [2.45, 2.75) is 55.4 Å². The Morgan fingerprint density at radius 2 is 1.67 bits per heavy atom. The largest absolute Gasteiger partial charge is 0.343 e. The fourth-order valence-electron chi connectivity index (χ4n) is 6.60. The first-order valence-corrected chi connectivity index (χ1v) is 15.3. The number of amides is 2. The van der Waals surface area contributed by atoms with E-state index in [-0.39, 0.29) is 27.8 Å². The summed E-state index contributed by atoms with van der Waals surface area (Å²) >= 11 is 0. The third-order valence-corrected chi connectivity index (χ3v) is 10.6. The van der Waals surface area contributed by atoms with Gasteiger partial charge >= 0.3 is 0 Å². The standard InChI is InChI=1S/C31H30F3N3O4S/c1-19(38)36-15-13-31(14-16-36)26-18-24(35-30(39)22-4-2-3-21(17-22)29(33)34)9-12-27(26)37(28(31)20-5-6-20)42(40,41)25-10-7-23(32)8-11-25/h2-4,7-12,17-18,20,28-29H,5-6,13-16H2,1H3,(H,35,39). The van der Waals surface area contributed by atoms with Crippen LogP contribution in [0.5, 0.6) is 0 Å². The molecule has 42 heavy (non-hydrogen) atoms. The number of hydrogen-bond acceptors (Lipinski definition) is 4. The third kappa shape index (κ3) is 4.83. The molecule has 3 aromatic rings. The van der Waals surface area contributed by atoms with E-state index in [0.29, 0.717) is 37.3 Å². The zero-order chi connectivity index (χ0) is 29.8. The molecule has 2 heterocycles. The highest BCUT2D eigenvalue weighted by Gasteiger charge is 2.60. The van der Waals surface area contributed by atoms with Crippen LogP contribution in [-0.4, -0.2) is 44.3 Å². The van der Waals surface area contributed by atoms with Crippen LogP contribution in [0.4, 0.5) is 24.5 Å². The van der Waals surface area contributed by atoms with Gasteiger partial charge in [0.05, 0.1) is 16.6 Å². The molecule has 2 aliphatic heterocycles. The van der Waals surface area contributed by atoms with Crippen LogP contribution in [0.1, 0.15) is 60.5 Å². The molecule has 1 aliphatic carbocycles. The summed E-state index contributed by atoms with van der Waals surface area (Å²) in [5.74, 6) is -1.05. The smallest absolute Gasteiger partial charge is 0.264 e. The number of rotatable bonds is 6. The van der Waals surface area contributed by atoms with Crippen LogP contribution in [0.25, 0.3) is 0 Å². The molecule has 1 saturated heterocycles. The van der Waals surface area contributed by atoms with Crippen LogP contribution in [0, 0.1) is 11.7 Å². The van der Waals surface area contributed by atoms with Gasteiger partial charge in [0.2, 0.25) is 5.91 Å². The van der Waals surface area contributed by atoms with E-state index in [1.54, 1.807) is 23.1 Å². The summed E-state index contributed by atoms with van der Waals surface area (Å²) in [6.45, 7) is 2.43. The van der Waals surface area contributed by atoms with Crippen molar-refractivity contribution < 1.29 is 31.2 Å². The molecule has 1 unspecified atom stereocenters. The Labute approximate surface area is 242 Å². The predicted octanol–water partition coefficient (Wildman–Crippen LogP) is 5.88. The first-order chi connectivity index (χ1) is 20.0. The Hall–Kier alpha value is -3.86. The Kier molecular flexibility index (Phi) is 7.03. The first-order valence-electron chi connectivity index (χ1n) is 13.9. The van der Waals surface area contributed by atoms with Gasteiger partial charge in [-0.15, -0.1) is 0 Å². The van der Waals surface area contributed by atoms with Gasteiger partial charge in [0.1, 0.15) is 5.82 Å². The lowest BCUT2D eigenvalue weighted by Gasteiger charge is -2.45. The number of nitrogens with one attached hydrogen (secondary N) is 1. The molecule has 3 aliphatic rings. The second-order valence-electron chi connectivity index (χ2n) is 11.3. The summed E-state index contributed by atoms with van der Waals surface area (Å²) in [4.78, 5) is 27.0. The molecule has 2 fully saturated rings. The molecular formula is C31H30F3N3O4S. The highest BCUT2D eigenvalue weighted by molar-refractivity contribution is 7.92. The normalized spacial score (nSPS) is 19.7. The zero-order valence-corrected chi connectivity index (χ0v) is 23.7. The van der Waals surface area contributed by atoms with Crippen LogP contribution >= 0.6 is 0 Å². The van der Waals surface area contributed by atoms with Gasteiger partial charge in [-0.1, -0.05) is 12.1 Å². The fourth-order valence-corrected chi connectivity index (χ4v) is 8.39. The molecule has 7 nitrogen and oxygen atoms in total. The van der Waals surface area contributed by atoms with E-state index in [4.69, 9.17) is 0 Å². The molecule has 3 aromatic carbocycles. The number of nitrogens with zero attached hydrogens (tertiary/aromatic N) is 2. The maximum Gasteiger partial charge on any atom is 0.264 e. The second-order valence-corrected chi connectivity index (χ2v) is 13.1. The third-order valence-electron chi connectivity index (χ3n) is 8.79. The first kappa shape index (κ1) is 28.3. The number of carbonyl (C=O) groups is 2. The molecule has 0 aromatic heterocycles. The highest BCUT2D eigenvalue weighted by atomic mass is 32.2. The number of benzene rings is 3. The van der Waals surface area contributed by atoms with E-state index >= 15 is 0 Å². The molecule has 1 saturated carbocycles. The van der Waals surface area contributed by atoms with Crippen molar-refractivity contribution in [3.05, 3.63) is 89.2 Å². The maximum atomic E-state index is 14.2. The lowest BCUT2D eigenvalue weighted by atomic mass is 9.68. The summed E-state index contributed by atoms with van der Waals surface area (Å²) < 4.78 is 70.0. The van der Waals surface area contributed by atoms with Crippen molar-refractivity contribution in [3.8, 4) is 0 Å². The molecule has 2 amide bonds. The summed E-state index contributed by atoms with van der Waals surface area (Å²) in [6.07, 6.45) is 0.0626. The Morgan fingerprint density at radius 1 is 0.976 bits per heavy atom. The van der Waals surface area contributed by atoms with E-state index in [2.05, 4.69) is 5.32 Å². The van der Waals surface area contributed by atoms with Crippen LogP contribution in [0.2, 0.25) is 0 Å². The van der Waals surface area contributed by atoms with Crippen molar-refractivity contribution in [2.24, 2.45) is 5.92 Å². The Bertz CT molecular complexity index is 1650. The molecule has 0 radical (unpaired) electrons. The van der Waals surface area contributed by atoms with Crippen molar-refractivity contribution in [1.29, 1.82) is 0 Å². The molecule has 1 spiro atoms. The summed E-state index contributed by atoms with van der Waals surface area (Å²) in [6, 6.07) is 14.7. The molecule has 11 heteroatoms. The number of hydrogen-bond donors (Lipinski definition) is 1. The van der Waals surface area contributed by atoms with E-state index in [0.717, 1.165) is 36.6 Å². The van der Waals surface area contributed by atoms with E-state index in [1.165, 1.54) is 41.6 Å². The SMILES string of the molecule is CC(=O)N1CCC2(CC1)c1cc(NC(=O)c3cccc(C(F)F)c3)ccc1N(S(=O)(=O)c1ccc(F)cc1)C2C1CC1. The van der Waals surface area contributed by atoms with Gasteiger partial charge in [-0.25, -0.2) is 21.6 Å². The Morgan fingerprint density at radius 3 is 2.29 bits per heavy atom. The molecule has 6 rings (SSSR count). The van der Waals surface area contributed by atoms with Crippen LogP contribution < -0.4 is 9.62 Å². The van der Waals surface area contributed by atoms with Crippen LogP contribution in [-0.2, 0) is 20.2 Å². The average molecular weight is 598 g/mol. The number of sulfonamides is 1. The van der Waals surface area contributed by atoms with E-state index in [1.807, 2.05) is 0 Å². The predicted molar refractivity (Wildman–Crippen MR) is 152 cm³/mol. The minimum atomic E-state index is -4.09. The van der Waals surface area contributed by atoms with Crippen LogP contribution in [0.15, 0.2) is 71.6 Å². The van der Waals surface area contributed by atoms with Crippen molar-refractivity contribution in [2.75, 3.05) is 22.7 Å². The van der Waals surface area contributed by atoms with Crippen molar-refractivity contribution in [1.82, 2.24) is 4.90 Å². The monoisotopic (exact) mass is 597 g/mol. The molecule has 1 N–H and O–H groups in total. The highest BCUT2D eigenvalue weighted by Crippen LogP contribution is 2.59. The summed E-state index contributed by atoms with van der Waals surface area (Å²) in [5.41, 5.74) is 0.852. The molecule has 1 atom stereocenters. The maximum absolute atomic E-state index is 14.2. The van der Waals surface area contributed by atoms with Gasteiger partial charge in [0.15, 0.2) is 0 Å². The number of carbonyl (C=O) groups excluding carboxylic acids is 2. The minimum absolute atomic E-state index is 0.0185. The van der Waals surface area contributed by atoms with E-state index in [9.17, 15) is 31.2 Å². The minimum Gasteiger partial charge on any atom is -0.343 e. The molecule has 0 bridgehead atoms. The molecular weight excluding hydrogens is 567 g/mol. The van der Waals surface area contributed by atoms with E-state index < -0.39 is 39.6 Å². The average Bonchev–Trinajstić information content (AvgIpc) is 3.77. The van der Waals surface area contributed by atoms with Gasteiger partial charge in [0.25, 0.3) is 22.4 Å². The van der Waals surface area contributed by atoms with Gasteiger partial charge in [-0.05, 0) is 91.8 Å². The van der Waals surface area contributed by atoms with Gasteiger partial charge in [-0.3, -0.25) is 13.9 Å². The number of piperidine rings is 1. The lowest BCUT2D eigenvalue weighted by molar-refractivity contribution is -0.130. The topological polar surface area (TPSA) is 86.8 Å². The number of fused-ring (bicyclic) bond motifs is 2. The number of likely N-dealkylation sites (tertiary alicyclic amines) is 1. The number of alkyl halides is 2. The zero-order valence-electron chi connectivity index (χ0n) is 22.9.